The fourth-order valence-electron chi connectivity index (χ4n) is 4.55. The highest BCUT2D eigenvalue weighted by molar-refractivity contribution is 6.42. The highest BCUT2D eigenvalue weighted by atomic mass is 35.5. The number of hydrogen-bond donors (Lipinski definition) is 2. The van der Waals surface area contributed by atoms with E-state index in [9.17, 15) is 14.3 Å². The molecular weight excluding hydrogens is 529 g/mol. The van der Waals surface area contributed by atoms with Gasteiger partial charge in [-0.1, -0.05) is 44.0 Å². The van der Waals surface area contributed by atoms with Crippen molar-refractivity contribution in [1.29, 1.82) is 0 Å². The lowest BCUT2D eigenvalue weighted by Crippen LogP contribution is -2.60. The first-order chi connectivity index (χ1) is 17.4. The summed E-state index contributed by atoms with van der Waals surface area (Å²) in [4.78, 5) is 21.4. The maximum Gasteiger partial charge on any atom is 0.407 e. The number of nitrogens with zero attached hydrogens (tertiary/aromatic N) is 3. The van der Waals surface area contributed by atoms with E-state index in [0.29, 0.717) is 16.7 Å². The van der Waals surface area contributed by atoms with Gasteiger partial charge >= 0.3 is 6.09 Å². The SMILES string of the molecule is COc1cc2ncnc(Nc3ccc(Cl)c(Cl)c3F)c2cc1O[C@H]1CCN(C(=O)O)C(C(C)(C)C)[C@H]1F. The molecule has 3 aromatic rings. The molecule has 2 heterocycles. The molecule has 1 saturated heterocycles. The van der Waals surface area contributed by atoms with Gasteiger partial charge in [-0.25, -0.2) is 23.5 Å². The molecule has 0 aliphatic carbocycles. The predicted octanol–water partition coefficient (Wildman–Crippen LogP) is 6.71. The molecule has 1 fully saturated rings. The number of nitrogens with one attached hydrogen (secondary N) is 1. The van der Waals surface area contributed by atoms with Crippen LogP contribution in [-0.4, -0.2) is 58.0 Å². The lowest BCUT2D eigenvalue weighted by molar-refractivity contribution is -0.0517. The van der Waals surface area contributed by atoms with E-state index in [1.165, 1.54) is 25.6 Å². The molecule has 0 spiro atoms. The number of methoxy groups -OCH3 is 1. The molecule has 1 amide bonds. The molecule has 0 radical (unpaired) electrons. The molecule has 12 heteroatoms. The Balaban J connectivity index is 1.71. The molecule has 2 N–H and O–H groups in total. The summed E-state index contributed by atoms with van der Waals surface area (Å²) in [7, 11) is 1.44. The van der Waals surface area contributed by atoms with Gasteiger partial charge in [0.15, 0.2) is 23.5 Å². The molecule has 198 valence electrons. The number of benzene rings is 2. The summed E-state index contributed by atoms with van der Waals surface area (Å²) in [5.41, 5.74) is -0.153. The van der Waals surface area contributed by atoms with E-state index >= 15 is 4.39 Å². The van der Waals surface area contributed by atoms with Gasteiger partial charge in [0.05, 0.1) is 34.4 Å². The van der Waals surface area contributed by atoms with Gasteiger partial charge in [-0.3, -0.25) is 0 Å². The van der Waals surface area contributed by atoms with E-state index in [0.717, 1.165) is 4.90 Å². The Morgan fingerprint density at radius 2 is 1.95 bits per heavy atom. The van der Waals surface area contributed by atoms with Gasteiger partial charge in [-0.15, -0.1) is 0 Å². The number of aromatic nitrogens is 2. The van der Waals surface area contributed by atoms with Crippen LogP contribution in [-0.2, 0) is 0 Å². The number of alkyl halides is 1. The predicted molar refractivity (Wildman–Crippen MR) is 138 cm³/mol. The van der Waals surface area contributed by atoms with E-state index in [1.807, 2.05) is 0 Å². The monoisotopic (exact) mass is 554 g/mol. The quantitative estimate of drug-likeness (QED) is 0.338. The standard InChI is InChI=1S/C25H26Cl2F2N4O4/c1-25(2,3)22-21(29)16(7-8-33(22)24(34)35)37-18-9-12-15(10-17(18)36-4)30-11-31-23(12)32-14-6-5-13(26)19(27)20(14)28/h5-6,9-11,16,21-22H,7-8H2,1-4H3,(H,34,35)(H,30,31,32)/t16-,21-,22?/m0/s1. The minimum atomic E-state index is -1.60. The van der Waals surface area contributed by atoms with Crippen LogP contribution in [0.25, 0.3) is 10.9 Å². The number of carbonyl (C=O) groups is 1. The Labute approximate surface area is 222 Å². The van der Waals surface area contributed by atoms with Crippen molar-refractivity contribution in [3.05, 3.63) is 46.5 Å². The first-order valence-corrected chi connectivity index (χ1v) is 12.2. The normalized spacial score (nSPS) is 20.1. The first-order valence-electron chi connectivity index (χ1n) is 11.5. The second-order valence-corrected chi connectivity index (χ2v) is 10.6. The van der Waals surface area contributed by atoms with Crippen molar-refractivity contribution in [3.8, 4) is 11.5 Å². The molecule has 0 bridgehead atoms. The van der Waals surface area contributed by atoms with E-state index in [2.05, 4.69) is 15.3 Å². The minimum absolute atomic E-state index is 0.0468. The number of hydrogen-bond acceptors (Lipinski definition) is 6. The van der Waals surface area contributed by atoms with Crippen LogP contribution in [0.5, 0.6) is 11.5 Å². The van der Waals surface area contributed by atoms with E-state index in [4.69, 9.17) is 32.7 Å². The topological polar surface area (TPSA) is 96.8 Å². The summed E-state index contributed by atoms with van der Waals surface area (Å²) in [6.07, 6.45) is -2.26. The Bertz CT molecular complexity index is 1340. The fraction of sp³-hybridized carbons (Fsp3) is 0.400. The number of rotatable bonds is 5. The molecule has 1 unspecified atom stereocenters. The maximum absolute atomic E-state index is 15.8. The van der Waals surface area contributed by atoms with Crippen LogP contribution in [0.4, 0.5) is 25.1 Å². The molecule has 37 heavy (non-hydrogen) atoms. The summed E-state index contributed by atoms with van der Waals surface area (Å²) in [6.45, 7) is 5.48. The Morgan fingerprint density at radius 1 is 1.22 bits per heavy atom. The van der Waals surface area contributed by atoms with Gasteiger partial charge in [0, 0.05) is 24.4 Å². The van der Waals surface area contributed by atoms with E-state index < -0.39 is 35.6 Å². The highest BCUT2D eigenvalue weighted by Crippen LogP contribution is 2.40. The van der Waals surface area contributed by atoms with Crippen LogP contribution >= 0.6 is 23.2 Å². The second-order valence-electron chi connectivity index (χ2n) is 9.77. The largest absolute Gasteiger partial charge is 0.493 e. The van der Waals surface area contributed by atoms with Crippen molar-refractivity contribution in [2.24, 2.45) is 5.41 Å². The molecular formula is C25H26Cl2F2N4O4. The first kappa shape index (κ1) is 26.9. The Morgan fingerprint density at radius 3 is 2.59 bits per heavy atom. The van der Waals surface area contributed by atoms with Crippen LogP contribution in [0, 0.1) is 11.2 Å². The number of halogens is 4. The molecule has 1 aliphatic heterocycles. The van der Waals surface area contributed by atoms with Gasteiger partial charge in [0.1, 0.15) is 18.2 Å². The second kappa shape index (κ2) is 10.3. The maximum atomic E-state index is 15.8. The summed E-state index contributed by atoms with van der Waals surface area (Å²) in [6, 6.07) is 5.15. The van der Waals surface area contributed by atoms with Crippen LogP contribution in [0.15, 0.2) is 30.6 Å². The van der Waals surface area contributed by atoms with Crippen LogP contribution in [0.2, 0.25) is 10.0 Å². The van der Waals surface area contributed by atoms with Crippen LogP contribution < -0.4 is 14.8 Å². The average Bonchev–Trinajstić information content (AvgIpc) is 2.84. The van der Waals surface area contributed by atoms with Crippen LogP contribution in [0.1, 0.15) is 27.2 Å². The average molecular weight is 555 g/mol. The number of anilines is 2. The van der Waals surface area contributed by atoms with E-state index in [1.54, 1.807) is 32.9 Å². The summed E-state index contributed by atoms with van der Waals surface area (Å²) >= 11 is 11.8. The molecule has 1 aliphatic rings. The molecule has 8 nitrogen and oxygen atoms in total. The molecule has 1 aromatic heterocycles. The number of piperidine rings is 1. The lowest BCUT2D eigenvalue weighted by Gasteiger charge is -2.46. The summed E-state index contributed by atoms with van der Waals surface area (Å²) < 4.78 is 42.0. The third-order valence-electron chi connectivity index (χ3n) is 6.27. The number of carboxylic acid groups (broad SMARTS) is 1. The third-order valence-corrected chi connectivity index (χ3v) is 7.05. The van der Waals surface area contributed by atoms with Crippen molar-refractivity contribution in [1.82, 2.24) is 14.9 Å². The third kappa shape index (κ3) is 5.31. The van der Waals surface area contributed by atoms with Crippen molar-refractivity contribution >= 4 is 51.7 Å². The lowest BCUT2D eigenvalue weighted by atomic mass is 9.78. The zero-order valence-electron chi connectivity index (χ0n) is 20.6. The van der Waals surface area contributed by atoms with Gasteiger partial charge in [0.2, 0.25) is 0 Å². The smallest absolute Gasteiger partial charge is 0.407 e. The zero-order chi connectivity index (χ0) is 27.1. The number of ether oxygens (including phenoxy) is 2. The molecule has 0 saturated carbocycles. The van der Waals surface area contributed by atoms with E-state index in [-0.39, 0.29) is 40.3 Å². The van der Waals surface area contributed by atoms with Gasteiger partial charge in [0.25, 0.3) is 0 Å². The number of amides is 1. The molecule has 2 aromatic carbocycles. The van der Waals surface area contributed by atoms with Crippen molar-refractivity contribution in [2.75, 3.05) is 19.0 Å². The van der Waals surface area contributed by atoms with Gasteiger partial charge < -0.3 is 24.8 Å². The summed E-state index contributed by atoms with van der Waals surface area (Å²) in [5.74, 6) is 0.0223. The zero-order valence-corrected chi connectivity index (χ0v) is 22.1. The Kier molecular flexibility index (Phi) is 7.52. The van der Waals surface area contributed by atoms with Crippen molar-refractivity contribution in [3.63, 3.8) is 0 Å². The molecule has 4 rings (SSSR count). The minimum Gasteiger partial charge on any atom is -0.493 e. The number of likely N-dealkylation sites (tertiary alicyclic amines) is 1. The highest BCUT2D eigenvalue weighted by Gasteiger charge is 2.47. The fourth-order valence-corrected chi connectivity index (χ4v) is 4.86. The Hall–Kier alpha value is -3.11. The summed E-state index contributed by atoms with van der Waals surface area (Å²) in [5, 5.41) is 12.8. The van der Waals surface area contributed by atoms with Gasteiger partial charge in [-0.2, -0.15) is 0 Å². The van der Waals surface area contributed by atoms with Crippen LogP contribution in [0.3, 0.4) is 0 Å². The van der Waals surface area contributed by atoms with Crippen molar-refractivity contribution < 1.29 is 28.2 Å². The number of fused-ring (bicyclic) bond motifs is 1. The molecule has 3 atom stereocenters. The van der Waals surface area contributed by atoms with Gasteiger partial charge in [-0.05, 0) is 23.6 Å². The van der Waals surface area contributed by atoms with Crippen molar-refractivity contribution in [2.45, 2.75) is 45.5 Å².